The maximum atomic E-state index is 5.68. The summed E-state index contributed by atoms with van der Waals surface area (Å²) in [5.74, 6) is 0.732. The number of aromatic nitrogens is 5. The van der Waals surface area contributed by atoms with Crippen LogP contribution in [-0.2, 0) is 6.54 Å². The number of anilines is 1. The molecule has 0 saturated carbocycles. The predicted octanol–water partition coefficient (Wildman–Crippen LogP) is 2.68. The molecule has 0 spiro atoms. The van der Waals surface area contributed by atoms with E-state index >= 15 is 0 Å². The van der Waals surface area contributed by atoms with Gasteiger partial charge in [0.2, 0.25) is 0 Å². The van der Waals surface area contributed by atoms with Crippen LogP contribution in [-0.4, -0.2) is 30.4 Å². The molecule has 0 fully saturated rings. The van der Waals surface area contributed by atoms with Crippen LogP contribution in [0.1, 0.15) is 19.5 Å². The molecule has 3 heterocycles. The summed E-state index contributed by atoms with van der Waals surface area (Å²) >= 11 is 3.31. The van der Waals surface area contributed by atoms with Crippen LogP contribution in [0.5, 0.6) is 6.01 Å². The molecule has 0 bridgehead atoms. The normalized spacial score (nSPS) is 11.1. The van der Waals surface area contributed by atoms with Gasteiger partial charge in [-0.2, -0.15) is 0 Å². The van der Waals surface area contributed by atoms with Crippen LogP contribution >= 0.6 is 15.9 Å². The Kier molecular flexibility index (Phi) is 4.19. The molecule has 0 amide bonds. The lowest BCUT2D eigenvalue weighted by atomic mass is 10.4. The largest absolute Gasteiger partial charge is 0.462 e. The lowest BCUT2D eigenvalue weighted by Crippen LogP contribution is -2.09. The van der Waals surface area contributed by atoms with Crippen molar-refractivity contribution >= 4 is 27.4 Å². The van der Waals surface area contributed by atoms with Crippen molar-refractivity contribution in [2.75, 3.05) is 5.32 Å². The first-order valence-electron chi connectivity index (χ1n) is 6.83. The molecule has 3 rings (SSSR count). The smallest absolute Gasteiger partial charge is 0.302 e. The van der Waals surface area contributed by atoms with E-state index in [-0.39, 0.29) is 6.10 Å². The van der Waals surface area contributed by atoms with Gasteiger partial charge in [0.05, 0.1) is 18.3 Å². The van der Waals surface area contributed by atoms with Gasteiger partial charge >= 0.3 is 6.01 Å². The Morgan fingerprint density at radius 2 is 2.18 bits per heavy atom. The molecule has 3 aromatic heterocycles. The van der Waals surface area contributed by atoms with E-state index in [1.165, 1.54) is 6.33 Å². The first-order valence-corrected chi connectivity index (χ1v) is 7.62. The third kappa shape index (κ3) is 3.33. The van der Waals surface area contributed by atoms with Gasteiger partial charge < -0.3 is 10.1 Å². The lowest BCUT2D eigenvalue weighted by Gasteiger charge is -2.09. The number of nitrogens with one attached hydrogen (secondary N) is 1. The molecule has 0 saturated heterocycles. The molecular formula is C14H15BrN6O. The molecule has 22 heavy (non-hydrogen) atoms. The minimum atomic E-state index is 0.0560. The van der Waals surface area contributed by atoms with Gasteiger partial charge in [0, 0.05) is 18.5 Å². The highest BCUT2D eigenvalue weighted by molar-refractivity contribution is 9.10. The first-order chi connectivity index (χ1) is 10.6. The second-order valence-electron chi connectivity index (χ2n) is 4.93. The van der Waals surface area contributed by atoms with Gasteiger partial charge in [0.1, 0.15) is 22.4 Å². The van der Waals surface area contributed by atoms with Crippen molar-refractivity contribution in [3.63, 3.8) is 0 Å². The van der Waals surface area contributed by atoms with Crippen molar-refractivity contribution in [3.05, 3.63) is 41.2 Å². The van der Waals surface area contributed by atoms with Crippen LogP contribution in [0.4, 0.5) is 5.82 Å². The summed E-state index contributed by atoms with van der Waals surface area (Å²) in [5, 5.41) is 3.20. The fourth-order valence-corrected chi connectivity index (χ4v) is 2.25. The molecule has 0 aliphatic heterocycles. The number of imidazole rings is 1. The summed E-state index contributed by atoms with van der Waals surface area (Å²) in [4.78, 5) is 16.9. The van der Waals surface area contributed by atoms with E-state index in [0.717, 1.165) is 21.8 Å². The molecule has 8 heteroatoms. The molecule has 0 radical (unpaired) electrons. The van der Waals surface area contributed by atoms with Gasteiger partial charge in [0.25, 0.3) is 0 Å². The SMILES string of the molecule is CC(C)Oc1nccc2nc(CNc3cc(Br)ncn3)cn12. The standard InChI is InChI=1S/C14H15BrN6O/c1-9(2)22-14-16-4-3-13-20-10(7-21(13)14)6-17-12-5-11(15)18-8-19-12/h3-5,7-9H,6H2,1-2H3,(H,17,18,19). The second kappa shape index (κ2) is 6.27. The van der Waals surface area contributed by atoms with Gasteiger partial charge in [-0.05, 0) is 35.8 Å². The molecule has 0 aliphatic carbocycles. The van der Waals surface area contributed by atoms with E-state index < -0.39 is 0 Å². The van der Waals surface area contributed by atoms with Gasteiger partial charge in [-0.15, -0.1) is 0 Å². The Bertz CT molecular complexity index is 788. The maximum Gasteiger partial charge on any atom is 0.302 e. The minimum Gasteiger partial charge on any atom is -0.462 e. The van der Waals surface area contributed by atoms with Gasteiger partial charge in [-0.25, -0.2) is 19.9 Å². The maximum absolute atomic E-state index is 5.68. The molecule has 0 aromatic carbocycles. The third-order valence-electron chi connectivity index (χ3n) is 2.82. The Morgan fingerprint density at radius 1 is 1.32 bits per heavy atom. The number of hydrogen-bond acceptors (Lipinski definition) is 6. The van der Waals surface area contributed by atoms with E-state index in [2.05, 4.69) is 41.2 Å². The first kappa shape index (κ1) is 14.7. The van der Waals surface area contributed by atoms with E-state index in [1.807, 2.05) is 36.6 Å². The number of hydrogen-bond donors (Lipinski definition) is 1. The van der Waals surface area contributed by atoms with Crippen LogP contribution in [0.2, 0.25) is 0 Å². The zero-order valence-corrected chi connectivity index (χ0v) is 13.8. The van der Waals surface area contributed by atoms with Crippen molar-refractivity contribution in [2.24, 2.45) is 0 Å². The predicted molar refractivity (Wildman–Crippen MR) is 85.8 cm³/mol. The average Bonchev–Trinajstić information content (AvgIpc) is 2.89. The molecule has 7 nitrogen and oxygen atoms in total. The van der Waals surface area contributed by atoms with Gasteiger partial charge in [0.15, 0.2) is 0 Å². The average molecular weight is 363 g/mol. The van der Waals surface area contributed by atoms with Crippen LogP contribution in [0.3, 0.4) is 0 Å². The minimum absolute atomic E-state index is 0.0560. The van der Waals surface area contributed by atoms with Crippen LogP contribution in [0.25, 0.3) is 5.65 Å². The van der Waals surface area contributed by atoms with Gasteiger partial charge in [-0.3, -0.25) is 4.40 Å². The molecule has 114 valence electrons. The monoisotopic (exact) mass is 362 g/mol. The second-order valence-corrected chi connectivity index (χ2v) is 5.75. The van der Waals surface area contributed by atoms with E-state index in [1.54, 1.807) is 6.20 Å². The zero-order valence-electron chi connectivity index (χ0n) is 12.2. The van der Waals surface area contributed by atoms with Crippen LogP contribution in [0, 0.1) is 0 Å². The van der Waals surface area contributed by atoms with Crippen molar-refractivity contribution in [1.82, 2.24) is 24.3 Å². The summed E-state index contributed by atoms with van der Waals surface area (Å²) in [6.45, 7) is 4.48. The highest BCUT2D eigenvalue weighted by Crippen LogP contribution is 2.15. The molecule has 1 N–H and O–H groups in total. The quantitative estimate of drug-likeness (QED) is 0.703. The lowest BCUT2D eigenvalue weighted by molar-refractivity contribution is 0.219. The summed E-state index contributed by atoms with van der Waals surface area (Å²) in [5.41, 5.74) is 1.67. The van der Waals surface area contributed by atoms with Crippen LogP contribution < -0.4 is 10.1 Å². The number of rotatable bonds is 5. The number of halogens is 1. The molecule has 0 atom stereocenters. The number of ether oxygens (including phenoxy) is 1. The number of nitrogens with zero attached hydrogens (tertiary/aromatic N) is 5. The topological polar surface area (TPSA) is 77.2 Å². The molecular weight excluding hydrogens is 348 g/mol. The Labute approximate surface area is 135 Å². The fourth-order valence-electron chi connectivity index (χ4n) is 1.94. The summed E-state index contributed by atoms with van der Waals surface area (Å²) in [6, 6.07) is 4.19. The van der Waals surface area contributed by atoms with Crippen molar-refractivity contribution < 1.29 is 4.74 Å². The Morgan fingerprint density at radius 3 is 2.95 bits per heavy atom. The Balaban J connectivity index is 1.80. The highest BCUT2D eigenvalue weighted by atomic mass is 79.9. The number of fused-ring (bicyclic) bond motifs is 1. The zero-order chi connectivity index (χ0) is 15.5. The van der Waals surface area contributed by atoms with Crippen molar-refractivity contribution in [2.45, 2.75) is 26.5 Å². The summed E-state index contributed by atoms with van der Waals surface area (Å²) < 4.78 is 8.26. The van der Waals surface area contributed by atoms with E-state index in [9.17, 15) is 0 Å². The van der Waals surface area contributed by atoms with Gasteiger partial charge in [-0.1, -0.05) is 0 Å². The van der Waals surface area contributed by atoms with Crippen molar-refractivity contribution in [3.8, 4) is 6.01 Å². The fraction of sp³-hybridized carbons (Fsp3) is 0.286. The van der Waals surface area contributed by atoms with E-state index in [4.69, 9.17) is 4.74 Å². The highest BCUT2D eigenvalue weighted by Gasteiger charge is 2.09. The van der Waals surface area contributed by atoms with E-state index in [0.29, 0.717) is 12.6 Å². The molecule has 3 aromatic rings. The Hall–Kier alpha value is -2.22. The summed E-state index contributed by atoms with van der Waals surface area (Å²) in [7, 11) is 0. The molecule has 0 aliphatic rings. The molecule has 0 unspecified atom stereocenters. The summed E-state index contributed by atoms with van der Waals surface area (Å²) in [6.07, 6.45) is 5.15. The van der Waals surface area contributed by atoms with Crippen LogP contribution in [0.15, 0.2) is 35.5 Å². The third-order valence-corrected chi connectivity index (χ3v) is 3.26. The van der Waals surface area contributed by atoms with Crippen molar-refractivity contribution in [1.29, 1.82) is 0 Å².